The van der Waals surface area contributed by atoms with Gasteiger partial charge in [0.2, 0.25) is 0 Å². The normalized spacial score (nSPS) is 17.0. The molecule has 202 valence electrons. The van der Waals surface area contributed by atoms with Gasteiger partial charge in [0.05, 0.1) is 29.4 Å². The summed E-state index contributed by atoms with van der Waals surface area (Å²) in [6.07, 6.45) is 1.81. The third-order valence-electron chi connectivity index (χ3n) is 7.21. The second-order valence-electron chi connectivity index (χ2n) is 9.48. The number of rotatable bonds is 8. The molecule has 1 saturated heterocycles. The van der Waals surface area contributed by atoms with Crippen LogP contribution >= 0.6 is 35.4 Å². The number of hydrogen-bond acceptors (Lipinski definition) is 4. The molecule has 1 fully saturated rings. The highest BCUT2D eigenvalue weighted by molar-refractivity contribution is 7.80. The molecule has 2 atom stereocenters. The van der Waals surface area contributed by atoms with E-state index in [9.17, 15) is 0 Å². The molecule has 0 saturated carbocycles. The van der Waals surface area contributed by atoms with Crippen LogP contribution in [0.15, 0.2) is 66.9 Å². The lowest BCUT2D eigenvalue weighted by atomic mass is 9.93. The molecule has 2 aromatic heterocycles. The highest BCUT2D eigenvalue weighted by Gasteiger charge is 2.43. The van der Waals surface area contributed by atoms with Crippen molar-refractivity contribution in [3.63, 3.8) is 0 Å². The Kier molecular flexibility index (Phi) is 8.14. The van der Waals surface area contributed by atoms with Crippen molar-refractivity contribution >= 4 is 46.2 Å². The van der Waals surface area contributed by atoms with E-state index >= 15 is 0 Å². The van der Waals surface area contributed by atoms with E-state index in [0.717, 1.165) is 28.5 Å². The number of hydrogen-bond donors (Lipinski definition) is 1. The summed E-state index contributed by atoms with van der Waals surface area (Å²) >= 11 is 19.0. The molecule has 0 amide bonds. The number of halogens is 2. The van der Waals surface area contributed by atoms with Gasteiger partial charge in [-0.2, -0.15) is 0 Å². The van der Waals surface area contributed by atoms with E-state index in [1.54, 1.807) is 7.11 Å². The molecule has 0 radical (unpaired) electrons. The number of aromatic nitrogens is 2. The van der Waals surface area contributed by atoms with Crippen molar-refractivity contribution in [2.24, 2.45) is 0 Å². The average molecular weight is 582 g/mol. The lowest BCUT2D eigenvalue weighted by Crippen LogP contribution is -2.29. The molecule has 0 aliphatic carbocycles. The molecule has 1 N–H and O–H groups in total. The number of anilines is 1. The Morgan fingerprint density at radius 2 is 1.77 bits per heavy atom. The number of methoxy groups -OCH3 is 1. The molecule has 2 aromatic carbocycles. The molecular formula is C30H30Cl2N4O2S. The zero-order valence-electron chi connectivity index (χ0n) is 22.2. The van der Waals surface area contributed by atoms with Crippen molar-refractivity contribution in [3.8, 4) is 11.4 Å². The molecule has 3 heterocycles. The molecule has 0 unspecified atom stereocenters. The van der Waals surface area contributed by atoms with Crippen molar-refractivity contribution in [1.29, 1.82) is 0 Å². The number of nitrogens with zero attached hydrogens (tertiary/aromatic N) is 3. The molecule has 4 aromatic rings. The summed E-state index contributed by atoms with van der Waals surface area (Å²) in [4.78, 5) is 6.84. The van der Waals surface area contributed by atoms with Crippen LogP contribution in [0.2, 0.25) is 10.0 Å². The lowest BCUT2D eigenvalue weighted by molar-refractivity contribution is 0.146. The van der Waals surface area contributed by atoms with Crippen LogP contribution in [0.5, 0.6) is 5.75 Å². The summed E-state index contributed by atoms with van der Waals surface area (Å²) in [6, 6.07) is 19.3. The van der Waals surface area contributed by atoms with Gasteiger partial charge < -0.3 is 24.3 Å². The Hall–Kier alpha value is -3.10. The molecule has 39 heavy (non-hydrogen) atoms. The largest absolute Gasteiger partial charge is 0.490 e. The van der Waals surface area contributed by atoms with Gasteiger partial charge in [-0.25, -0.2) is 0 Å². The first-order valence-corrected chi connectivity index (χ1v) is 13.8. The first-order valence-electron chi connectivity index (χ1n) is 12.7. The molecule has 1 aliphatic rings. The summed E-state index contributed by atoms with van der Waals surface area (Å²) in [7, 11) is 1.64. The van der Waals surface area contributed by atoms with Gasteiger partial charge in [0.15, 0.2) is 5.11 Å². The fourth-order valence-electron chi connectivity index (χ4n) is 5.36. The second kappa shape index (κ2) is 11.6. The van der Waals surface area contributed by atoms with Crippen LogP contribution in [0.25, 0.3) is 5.69 Å². The number of benzene rings is 2. The molecule has 9 heteroatoms. The average Bonchev–Trinajstić information content (AvgIpc) is 3.37. The fraction of sp³-hybridized carbons (Fsp3) is 0.267. The van der Waals surface area contributed by atoms with Crippen LogP contribution in [0.1, 0.15) is 40.3 Å². The minimum absolute atomic E-state index is 0.178. The Bertz CT molecular complexity index is 1510. The van der Waals surface area contributed by atoms with E-state index in [4.69, 9.17) is 49.9 Å². The van der Waals surface area contributed by atoms with Crippen LogP contribution in [0, 0.1) is 20.8 Å². The number of nitrogens with one attached hydrogen (secondary N) is 1. The zero-order chi connectivity index (χ0) is 27.7. The Balaban J connectivity index is 1.65. The monoisotopic (exact) mass is 580 g/mol. The predicted molar refractivity (Wildman–Crippen MR) is 162 cm³/mol. The highest BCUT2D eigenvalue weighted by Crippen LogP contribution is 2.46. The Morgan fingerprint density at radius 1 is 0.949 bits per heavy atom. The highest BCUT2D eigenvalue weighted by atomic mass is 35.5. The van der Waals surface area contributed by atoms with Gasteiger partial charge in [-0.05, 0) is 87.1 Å². The third-order valence-corrected chi connectivity index (χ3v) is 8.05. The van der Waals surface area contributed by atoms with Gasteiger partial charge in [-0.3, -0.25) is 4.98 Å². The first kappa shape index (κ1) is 27.5. The lowest BCUT2D eigenvalue weighted by Gasteiger charge is -2.29. The van der Waals surface area contributed by atoms with Gasteiger partial charge in [-0.1, -0.05) is 35.3 Å². The molecule has 0 spiro atoms. The van der Waals surface area contributed by atoms with Gasteiger partial charge in [0.25, 0.3) is 0 Å². The van der Waals surface area contributed by atoms with E-state index < -0.39 is 0 Å². The summed E-state index contributed by atoms with van der Waals surface area (Å²) < 4.78 is 13.1. The molecule has 5 rings (SSSR count). The third kappa shape index (κ3) is 5.24. The van der Waals surface area contributed by atoms with E-state index in [0.29, 0.717) is 34.1 Å². The maximum absolute atomic E-state index is 6.68. The SMILES string of the molecule is COCCOc1ccc(N2C(=S)N[C@H](c3ccccn3)[C@@H]2c2c(C)c(C)n(-c3cccc(Cl)c3)c2C)cc1Cl. The van der Waals surface area contributed by atoms with E-state index in [-0.39, 0.29) is 12.1 Å². The number of pyridine rings is 1. The second-order valence-corrected chi connectivity index (χ2v) is 10.7. The van der Waals surface area contributed by atoms with Gasteiger partial charge in [-0.15, -0.1) is 0 Å². The van der Waals surface area contributed by atoms with Crippen molar-refractivity contribution in [1.82, 2.24) is 14.9 Å². The summed E-state index contributed by atoms with van der Waals surface area (Å²) in [5.41, 5.74) is 7.40. The standard InChI is InChI=1S/C30H30Cl2N4O2S/c1-18-19(2)35(22-9-7-8-21(31)16-22)20(3)27(18)29-28(25-10-5-6-13-33-25)34-30(39)36(29)23-11-12-26(24(32)17-23)38-15-14-37-4/h5-13,16-17,28-29H,14-15H2,1-4H3,(H,34,39)/t28-,29+/m1/s1. The summed E-state index contributed by atoms with van der Waals surface area (Å²) in [6.45, 7) is 7.33. The van der Waals surface area contributed by atoms with E-state index in [1.165, 1.54) is 11.1 Å². The Morgan fingerprint density at radius 3 is 2.46 bits per heavy atom. The van der Waals surface area contributed by atoms with Crippen LogP contribution < -0.4 is 15.0 Å². The topological polar surface area (TPSA) is 51.6 Å². The van der Waals surface area contributed by atoms with Crippen LogP contribution in [-0.2, 0) is 4.74 Å². The van der Waals surface area contributed by atoms with Gasteiger partial charge in [0.1, 0.15) is 12.4 Å². The first-order chi connectivity index (χ1) is 18.8. The van der Waals surface area contributed by atoms with Gasteiger partial charge >= 0.3 is 0 Å². The smallest absolute Gasteiger partial charge is 0.174 e. The minimum atomic E-state index is -0.179. The van der Waals surface area contributed by atoms with Gasteiger partial charge in [0, 0.05) is 46.7 Å². The zero-order valence-corrected chi connectivity index (χ0v) is 24.6. The number of ether oxygens (including phenoxy) is 2. The summed E-state index contributed by atoms with van der Waals surface area (Å²) in [5, 5.41) is 5.35. The summed E-state index contributed by atoms with van der Waals surface area (Å²) in [5.74, 6) is 0.601. The van der Waals surface area contributed by atoms with Crippen molar-refractivity contribution in [2.45, 2.75) is 32.9 Å². The minimum Gasteiger partial charge on any atom is -0.490 e. The van der Waals surface area contributed by atoms with Crippen LogP contribution in [0.4, 0.5) is 5.69 Å². The van der Waals surface area contributed by atoms with E-state index in [1.807, 2.05) is 60.8 Å². The van der Waals surface area contributed by atoms with E-state index in [2.05, 4.69) is 41.6 Å². The van der Waals surface area contributed by atoms with Crippen LogP contribution in [-0.4, -0.2) is 35.0 Å². The molecular weight excluding hydrogens is 551 g/mol. The fourth-order valence-corrected chi connectivity index (χ4v) is 6.12. The maximum Gasteiger partial charge on any atom is 0.174 e. The Labute approximate surface area is 244 Å². The number of thiocarbonyl (C=S) groups is 1. The van der Waals surface area contributed by atoms with Crippen molar-refractivity contribution in [3.05, 3.63) is 105 Å². The molecule has 1 aliphatic heterocycles. The van der Waals surface area contributed by atoms with Crippen molar-refractivity contribution in [2.75, 3.05) is 25.2 Å². The molecule has 0 bridgehead atoms. The van der Waals surface area contributed by atoms with Crippen LogP contribution in [0.3, 0.4) is 0 Å². The predicted octanol–water partition coefficient (Wildman–Crippen LogP) is 7.31. The quantitative estimate of drug-likeness (QED) is 0.174. The maximum atomic E-state index is 6.68. The van der Waals surface area contributed by atoms with Crippen molar-refractivity contribution < 1.29 is 9.47 Å². The molecule has 6 nitrogen and oxygen atoms in total.